The van der Waals surface area contributed by atoms with Crippen LogP contribution in [0.2, 0.25) is 0 Å². The van der Waals surface area contributed by atoms with Crippen LogP contribution in [0.5, 0.6) is 0 Å². The van der Waals surface area contributed by atoms with E-state index in [1.165, 1.54) is 0 Å². The number of rotatable bonds is 6. The Hall–Kier alpha value is -1.23. The molecule has 0 radical (unpaired) electrons. The molecule has 0 aliphatic heterocycles. The second kappa shape index (κ2) is 6.26. The van der Waals surface area contributed by atoms with Crippen LogP contribution in [-0.2, 0) is 0 Å². The summed E-state index contributed by atoms with van der Waals surface area (Å²) in [5.41, 5.74) is 0. The Bertz CT molecular complexity index is 249. The van der Waals surface area contributed by atoms with Gasteiger partial charge in [-0.05, 0) is 13.0 Å². The molecule has 0 aliphatic rings. The second-order valence-electron chi connectivity index (χ2n) is 2.90. The zero-order valence-electron chi connectivity index (χ0n) is 8.26. The molecule has 1 aromatic rings. The van der Waals surface area contributed by atoms with Crippen LogP contribution in [0.25, 0.3) is 0 Å². The van der Waals surface area contributed by atoms with Crippen molar-refractivity contribution >= 4 is 5.95 Å². The van der Waals surface area contributed by atoms with Crippen molar-refractivity contribution in [1.82, 2.24) is 15.3 Å². The molecule has 0 spiro atoms. The number of aromatic nitrogens is 2. The fraction of sp³-hybridized carbons (Fsp3) is 0.556. The van der Waals surface area contributed by atoms with Gasteiger partial charge in [-0.2, -0.15) is 0 Å². The predicted octanol–water partition coefficient (Wildman–Crippen LogP) is 1.03. The van der Waals surface area contributed by atoms with Gasteiger partial charge in [0.05, 0.1) is 12.4 Å². The van der Waals surface area contributed by atoms with E-state index in [1.807, 2.05) is 0 Å². The Morgan fingerprint density at radius 1 is 1.21 bits per heavy atom. The van der Waals surface area contributed by atoms with Crippen molar-refractivity contribution in [2.75, 3.05) is 25.0 Å². The molecule has 0 bridgehead atoms. The molecular weight excluding hydrogens is 183 g/mol. The molecule has 5 heteroatoms. The maximum atomic E-state index is 12.4. The van der Waals surface area contributed by atoms with Gasteiger partial charge in [-0.1, -0.05) is 6.92 Å². The summed E-state index contributed by atoms with van der Waals surface area (Å²) in [6, 6.07) is 0. The predicted molar refractivity (Wildman–Crippen MR) is 53.6 cm³/mol. The SMILES string of the molecule is CCCNCCNc1ncc(F)cn1. The van der Waals surface area contributed by atoms with E-state index >= 15 is 0 Å². The fourth-order valence-electron chi connectivity index (χ4n) is 0.968. The number of nitrogens with zero attached hydrogens (tertiary/aromatic N) is 2. The van der Waals surface area contributed by atoms with Crippen molar-refractivity contribution in [3.8, 4) is 0 Å². The quantitative estimate of drug-likeness (QED) is 0.670. The Morgan fingerprint density at radius 2 is 1.93 bits per heavy atom. The van der Waals surface area contributed by atoms with Gasteiger partial charge in [0.25, 0.3) is 0 Å². The first-order chi connectivity index (χ1) is 6.83. The van der Waals surface area contributed by atoms with Gasteiger partial charge in [0.15, 0.2) is 5.82 Å². The Morgan fingerprint density at radius 3 is 2.57 bits per heavy atom. The lowest BCUT2D eigenvalue weighted by molar-refractivity contribution is 0.613. The summed E-state index contributed by atoms with van der Waals surface area (Å²) in [7, 11) is 0. The normalized spacial score (nSPS) is 10.1. The highest BCUT2D eigenvalue weighted by Crippen LogP contribution is 1.96. The highest BCUT2D eigenvalue weighted by atomic mass is 19.1. The van der Waals surface area contributed by atoms with E-state index in [0.717, 1.165) is 38.4 Å². The van der Waals surface area contributed by atoms with Crippen molar-refractivity contribution in [3.05, 3.63) is 18.2 Å². The molecular formula is C9H15FN4. The van der Waals surface area contributed by atoms with E-state index in [-0.39, 0.29) is 0 Å². The molecule has 1 heterocycles. The topological polar surface area (TPSA) is 49.8 Å². The van der Waals surface area contributed by atoms with Crippen molar-refractivity contribution in [2.24, 2.45) is 0 Å². The van der Waals surface area contributed by atoms with Gasteiger partial charge in [-0.25, -0.2) is 14.4 Å². The monoisotopic (exact) mass is 198 g/mol. The van der Waals surface area contributed by atoms with E-state index in [2.05, 4.69) is 27.5 Å². The average Bonchev–Trinajstić information content (AvgIpc) is 2.21. The van der Waals surface area contributed by atoms with Crippen LogP contribution < -0.4 is 10.6 Å². The number of hydrogen-bond acceptors (Lipinski definition) is 4. The number of nitrogens with one attached hydrogen (secondary N) is 2. The van der Waals surface area contributed by atoms with Crippen LogP contribution in [0.4, 0.5) is 10.3 Å². The van der Waals surface area contributed by atoms with Crippen molar-refractivity contribution in [2.45, 2.75) is 13.3 Å². The summed E-state index contributed by atoms with van der Waals surface area (Å²) in [6.45, 7) is 4.72. The van der Waals surface area contributed by atoms with Crippen LogP contribution in [0.15, 0.2) is 12.4 Å². The molecule has 78 valence electrons. The molecule has 0 aliphatic carbocycles. The summed E-state index contributed by atoms with van der Waals surface area (Å²) in [6.07, 6.45) is 3.41. The van der Waals surface area contributed by atoms with Gasteiger partial charge in [-0.15, -0.1) is 0 Å². The Kier molecular flexibility index (Phi) is 4.85. The first-order valence-corrected chi connectivity index (χ1v) is 4.75. The van der Waals surface area contributed by atoms with Crippen LogP contribution in [0.3, 0.4) is 0 Å². The zero-order chi connectivity index (χ0) is 10.2. The largest absolute Gasteiger partial charge is 0.353 e. The maximum absolute atomic E-state index is 12.4. The molecule has 0 amide bonds. The molecule has 1 rings (SSSR count). The second-order valence-corrected chi connectivity index (χ2v) is 2.90. The fourth-order valence-corrected chi connectivity index (χ4v) is 0.968. The van der Waals surface area contributed by atoms with E-state index in [9.17, 15) is 4.39 Å². The van der Waals surface area contributed by atoms with Crippen molar-refractivity contribution < 1.29 is 4.39 Å². The lowest BCUT2D eigenvalue weighted by Gasteiger charge is -2.04. The third-order valence-corrected chi connectivity index (χ3v) is 1.63. The first-order valence-electron chi connectivity index (χ1n) is 4.75. The lowest BCUT2D eigenvalue weighted by Crippen LogP contribution is -2.23. The molecule has 0 unspecified atom stereocenters. The summed E-state index contributed by atoms with van der Waals surface area (Å²) in [4.78, 5) is 7.54. The van der Waals surface area contributed by atoms with Crippen LogP contribution >= 0.6 is 0 Å². The molecule has 0 fully saturated rings. The Balaban J connectivity index is 2.15. The van der Waals surface area contributed by atoms with Gasteiger partial charge in [-0.3, -0.25) is 0 Å². The van der Waals surface area contributed by atoms with E-state index in [4.69, 9.17) is 0 Å². The molecule has 0 aromatic carbocycles. The highest BCUT2D eigenvalue weighted by Gasteiger charge is 1.94. The first kappa shape index (κ1) is 10.8. The van der Waals surface area contributed by atoms with Gasteiger partial charge in [0.2, 0.25) is 5.95 Å². The molecule has 1 aromatic heterocycles. The number of halogens is 1. The number of anilines is 1. The lowest BCUT2D eigenvalue weighted by atomic mass is 10.5. The van der Waals surface area contributed by atoms with Crippen LogP contribution in [-0.4, -0.2) is 29.6 Å². The third kappa shape index (κ3) is 4.13. The van der Waals surface area contributed by atoms with Crippen molar-refractivity contribution in [1.29, 1.82) is 0 Å². The maximum Gasteiger partial charge on any atom is 0.222 e. The molecule has 14 heavy (non-hydrogen) atoms. The molecule has 0 atom stereocenters. The van der Waals surface area contributed by atoms with Gasteiger partial charge in [0.1, 0.15) is 0 Å². The minimum atomic E-state index is -0.417. The summed E-state index contributed by atoms with van der Waals surface area (Å²) in [5, 5.41) is 6.20. The van der Waals surface area contributed by atoms with E-state index in [1.54, 1.807) is 0 Å². The third-order valence-electron chi connectivity index (χ3n) is 1.63. The Labute approximate surface area is 83.0 Å². The van der Waals surface area contributed by atoms with Crippen LogP contribution in [0, 0.1) is 5.82 Å². The summed E-state index contributed by atoms with van der Waals surface area (Å²) >= 11 is 0. The molecule has 2 N–H and O–H groups in total. The van der Waals surface area contributed by atoms with Crippen LogP contribution in [0.1, 0.15) is 13.3 Å². The van der Waals surface area contributed by atoms with Crippen molar-refractivity contribution in [3.63, 3.8) is 0 Å². The van der Waals surface area contributed by atoms with Gasteiger partial charge >= 0.3 is 0 Å². The van der Waals surface area contributed by atoms with E-state index in [0.29, 0.717) is 5.95 Å². The summed E-state index contributed by atoms with van der Waals surface area (Å²) in [5.74, 6) is 0.0457. The van der Waals surface area contributed by atoms with Gasteiger partial charge in [0, 0.05) is 13.1 Å². The number of hydrogen-bond donors (Lipinski definition) is 2. The minimum absolute atomic E-state index is 0.417. The molecule has 0 saturated carbocycles. The summed E-state index contributed by atoms with van der Waals surface area (Å²) < 4.78 is 12.4. The molecule has 0 saturated heterocycles. The average molecular weight is 198 g/mol. The smallest absolute Gasteiger partial charge is 0.222 e. The standard InChI is InChI=1S/C9H15FN4/c1-2-3-11-4-5-12-9-13-6-8(10)7-14-9/h6-7,11H,2-5H2,1H3,(H,12,13,14). The van der Waals surface area contributed by atoms with E-state index < -0.39 is 5.82 Å². The molecule has 4 nitrogen and oxygen atoms in total. The minimum Gasteiger partial charge on any atom is -0.353 e. The zero-order valence-corrected chi connectivity index (χ0v) is 8.26. The highest BCUT2D eigenvalue weighted by molar-refractivity contribution is 5.22. The van der Waals surface area contributed by atoms with Gasteiger partial charge < -0.3 is 10.6 Å².